The second-order valence-corrected chi connectivity index (χ2v) is 7.79. The highest BCUT2D eigenvalue weighted by molar-refractivity contribution is 6.10. The van der Waals surface area contributed by atoms with E-state index in [1.165, 1.54) is 0 Å². The molecular weight excluding hydrogens is 382 g/mol. The van der Waals surface area contributed by atoms with E-state index in [0.29, 0.717) is 31.4 Å². The van der Waals surface area contributed by atoms with E-state index in [9.17, 15) is 4.79 Å². The summed E-state index contributed by atoms with van der Waals surface area (Å²) in [4.78, 5) is 21.8. The van der Waals surface area contributed by atoms with Crippen LogP contribution in [0.2, 0.25) is 0 Å². The zero-order valence-electron chi connectivity index (χ0n) is 17.0. The van der Waals surface area contributed by atoms with Crippen molar-refractivity contribution in [3.05, 3.63) is 53.3 Å². The monoisotopic (exact) mass is 405 g/mol. The number of rotatable bonds is 4. The fourth-order valence-electron chi connectivity index (χ4n) is 3.89. The van der Waals surface area contributed by atoms with Crippen molar-refractivity contribution in [3.8, 4) is 5.82 Å². The molecule has 0 bridgehead atoms. The average molecular weight is 405 g/mol. The van der Waals surface area contributed by atoms with Gasteiger partial charge in [-0.3, -0.25) is 9.69 Å². The lowest BCUT2D eigenvalue weighted by molar-refractivity contribution is 0.0996. The van der Waals surface area contributed by atoms with Crippen LogP contribution in [0.4, 0.5) is 11.5 Å². The van der Waals surface area contributed by atoms with E-state index in [2.05, 4.69) is 31.5 Å². The van der Waals surface area contributed by atoms with E-state index in [1.807, 2.05) is 44.2 Å². The molecule has 0 saturated carbocycles. The minimum absolute atomic E-state index is 0.0365. The Labute approximate surface area is 174 Å². The largest absolute Gasteiger partial charge is 0.378 e. The number of amides is 1. The van der Waals surface area contributed by atoms with Gasteiger partial charge in [0.15, 0.2) is 11.6 Å². The Morgan fingerprint density at radius 2 is 1.87 bits per heavy atom. The smallest absolute Gasteiger partial charge is 0.260 e. The molecule has 9 heteroatoms. The van der Waals surface area contributed by atoms with Crippen LogP contribution >= 0.6 is 0 Å². The Hall–Kier alpha value is -3.33. The van der Waals surface area contributed by atoms with Crippen LogP contribution in [0.3, 0.4) is 0 Å². The molecule has 3 aromatic rings. The van der Waals surface area contributed by atoms with Gasteiger partial charge in [-0.2, -0.15) is 4.68 Å². The molecule has 1 fully saturated rings. The number of hydrogen-bond donors (Lipinski definition) is 0. The Balaban J connectivity index is 1.44. The zero-order valence-corrected chi connectivity index (χ0v) is 17.0. The first kappa shape index (κ1) is 18.7. The Morgan fingerprint density at radius 1 is 1.07 bits per heavy atom. The van der Waals surface area contributed by atoms with Crippen molar-refractivity contribution in [1.82, 2.24) is 25.2 Å². The maximum atomic E-state index is 13.2. The van der Waals surface area contributed by atoms with E-state index in [1.54, 1.807) is 9.58 Å². The maximum absolute atomic E-state index is 13.2. The summed E-state index contributed by atoms with van der Waals surface area (Å²) in [6.45, 7) is 7.65. The van der Waals surface area contributed by atoms with Crippen molar-refractivity contribution in [3.63, 3.8) is 0 Å². The van der Waals surface area contributed by atoms with Crippen LogP contribution in [0.25, 0.3) is 5.82 Å². The van der Waals surface area contributed by atoms with Gasteiger partial charge in [0, 0.05) is 30.3 Å². The molecule has 0 radical (unpaired) electrons. The fraction of sp³-hybridized carbons (Fsp3) is 0.381. The van der Waals surface area contributed by atoms with Gasteiger partial charge in [-0.15, -0.1) is 5.10 Å². The van der Waals surface area contributed by atoms with Gasteiger partial charge < -0.3 is 9.64 Å². The Kier molecular flexibility index (Phi) is 4.66. The predicted molar refractivity (Wildman–Crippen MR) is 111 cm³/mol. The summed E-state index contributed by atoms with van der Waals surface area (Å²) in [6, 6.07) is 11.7. The first-order chi connectivity index (χ1) is 14.6. The van der Waals surface area contributed by atoms with Gasteiger partial charge in [0.05, 0.1) is 19.8 Å². The molecule has 0 atom stereocenters. The van der Waals surface area contributed by atoms with Crippen LogP contribution in [0.5, 0.6) is 0 Å². The number of pyridine rings is 1. The predicted octanol–water partition coefficient (Wildman–Crippen LogP) is 2.18. The highest BCUT2D eigenvalue weighted by Crippen LogP contribution is 2.31. The van der Waals surface area contributed by atoms with E-state index in [0.717, 1.165) is 35.7 Å². The maximum Gasteiger partial charge on any atom is 0.260 e. The summed E-state index contributed by atoms with van der Waals surface area (Å²) in [6.07, 6.45) is 0. The number of morpholine rings is 1. The van der Waals surface area contributed by atoms with Crippen LogP contribution in [0.1, 0.15) is 41.5 Å². The molecule has 1 aromatic carbocycles. The second-order valence-electron chi connectivity index (χ2n) is 7.79. The Bertz CT molecular complexity index is 1090. The molecule has 2 aliphatic rings. The number of hydrogen-bond acceptors (Lipinski definition) is 7. The normalized spacial score (nSPS) is 16.4. The number of fused-ring (bicyclic) bond motifs is 1. The molecule has 1 saturated heterocycles. The SMILES string of the molecule is CC(C)c1nnnn1-c1cccc(N2Cc3ccc(N4CCOCC4)cc3C2=O)n1. The van der Waals surface area contributed by atoms with Crippen LogP contribution in [-0.2, 0) is 11.3 Å². The molecule has 2 aromatic heterocycles. The van der Waals surface area contributed by atoms with Crippen molar-refractivity contribution in [2.24, 2.45) is 0 Å². The van der Waals surface area contributed by atoms with Gasteiger partial charge >= 0.3 is 0 Å². The van der Waals surface area contributed by atoms with Crippen LogP contribution in [-0.4, -0.2) is 57.4 Å². The third-order valence-corrected chi connectivity index (χ3v) is 5.50. The van der Waals surface area contributed by atoms with Crippen LogP contribution < -0.4 is 9.80 Å². The minimum atomic E-state index is -0.0365. The van der Waals surface area contributed by atoms with Crippen molar-refractivity contribution in [1.29, 1.82) is 0 Å². The van der Waals surface area contributed by atoms with Crippen LogP contribution in [0, 0.1) is 0 Å². The van der Waals surface area contributed by atoms with Gasteiger partial charge in [0.2, 0.25) is 0 Å². The van der Waals surface area contributed by atoms with Crippen molar-refractivity contribution >= 4 is 17.4 Å². The molecule has 4 heterocycles. The molecule has 2 aliphatic heterocycles. The van der Waals surface area contributed by atoms with Crippen LogP contribution in [0.15, 0.2) is 36.4 Å². The number of nitrogens with zero attached hydrogens (tertiary/aromatic N) is 7. The molecule has 5 rings (SSSR count). The summed E-state index contributed by atoms with van der Waals surface area (Å²) < 4.78 is 7.06. The number of tetrazole rings is 1. The third kappa shape index (κ3) is 3.21. The third-order valence-electron chi connectivity index (χ3n) is 5.50. The minimum Gasteiger partial charge on any atom is -0.378 e. The molecule has 0 spiro atoms. The van der Waals surface area contributed by atoms with Crippen molar-refractivity contribution in [2.45, 2.75) is 26.3 Å². The highest BCUT2D eigenvalue weighted by atomic mass is 16.5. The van der Waals surface area contributed by atoms with Crippen molar-refractivity contribution in [2.75, 3.05) is 36.1 Å². The van der Waals surface area contributed by atoms with E-state index in [-0.39, 0.29) is 11.8 Å². The number of ether oxygens (including phenoxy) is 1. The molecule has 0 N–H and O–H groups in total. The topological polar surface area (TPSA) is 89.3 Å². The summed E-state index contributed by atoms with van der Waals surface area (Å²) in [5.74, 6) is 2.03. The summed E-state index contributed by atoms with van der Waals surface area (Å²) in [7, 11) is 0. The number of aromatic nitrogens is 5. The molecule has 1 amide bonds. The average Bonchev–Trinajstić information content (AvgIpc) is 3.40. The first-order valence-corrected chi connectivity index (χ1v) is 10.1. The quantitative estimate of drug-likeness (QED) is 0.657. The number of anilines is 2. The van der Waals surface area contributed by atoms with Gasteiger partial charge in [0.25, 0.3) is 5.91 Å². The number of carbonyl (C=O) groups excluding carboxylic acids is 1. The lowest BCUT2D eigenvalue weighted by Crippen LogP contribution is -2.36. The zero-order chi connectivity index (χ0) is 20.7. The molecule has 9 nitrogen and oxygen atoms in total. The molecule has 0 aliphatic carbocycles. The van der Waals surface area contributed by atoms with E-state index >= 15 is 0 Å². The van der Waals surface area contributed by atoms with E-state index < -0.39 is 0 Å². The first-order valence-electron chi connectivity index (χ1n) is 10.1. The summed E-state index contributed by atoms with van der Waals surface area (Å²) in [5.41, 5.74) is 2.80. The molecule has 30 heavy (non-hydrogen) atoms. The molecule has 154 valence electrons. The Morgan fingerprint density at radius 3 is 2.67 bits per heavy atom. The molecule has 0 unspecified atom stereocenters. The highest BCUT2D eigenvalue weighted by Gasteiger charge is 2.30. The second kappa shape index (κ2) is 7.49. The van der Waals surface area contributed by atoms with Gasteiger partial charge in [-0.1, -0.05) is 26.0 Å². The lowest BCUT2D eigenvalue weighted by Gasteiger charge is -2.29. The number of benzene rings is 1. The fourth-order valence-corrected chi connectivity index (χ4v) is 3.89. The van der Waals surface area contributed by atoms with Gasteiger partial charge in [-0.05, 0) is 40.3 Å². The summed E-state index contributed by atoms with van der Waals surface area (Å²) >= 11 is 0. The van der Waals surface area contributed by atoms with Crippen molar-refractivity contribution < 1.29 is 9.53 Å². The lowest BCUT2D eigenvalue weighted by atomic mass is 10.1. The summed E-state index contributed by atoms with van der Waals surface area (Å²) in [5, 5.41) is 11.9. The van der Waals surface area contributed by atoms with Gasteiger partial charge in [-0.25, -0.2) is 4.98 Å². The van der Waals surface area contributed by atoms with E-state index in [4.69, 9.17) is 4.74 Å². The standard InChI is InChI=1S/C21H23N7O2/c1-14(2)20-23-24-25-28(20)19-5-3-4-18(22-19)27-13-15-6-7-16(12-17(15)21(27)29)26-8-10-30-11-9-26/h3-7,12,14H,8-11,13H2,1-2H3. The van der Waals surface area contributed by atoms with Gasteiger partial charge in [0.1, 0.15) is 5.82 Å². The molecular formula is C21H23N7O2. The number of carbonyl (C=O) groups is 1.